The minimum atomic E-state index is 0.850. The van der Waals surface area contributed by atoms with E-state index >= 15 is 0 Å². The summed E-state index contributed by atoms with van der Waals surface area (Å²) in [5.74, 6) is 5.95. The largest absolute Gasteiger partial charge is 0.381 e. The molecule has 3 nitrogen and oxygen atoms in total. The fraction of sp³-hybridized carbons (Fsp3) is 0.875. The first-order chi connectivity index (χ1) is 9.43. The summed E-state index contributed by atoms with van der Waals surface area (Å²) in [4.78, 5) is 2.57. The third-order valence-corrected chi connectivity index (χ3v) is 3.46. The van der Waals surface area contributed by atoms with Gasteiger partial charge in [-0.2, -0.15) is 0 Å². The molecular formula is C16H30N2O. The number of likely N-dealkylation sites (tertiary alicyclic amines) is 1. The molecule has 0 aromatic carbocycles. The SMILES string of the molecule is CC#CCCCOCCCNCCN1CCCCC1. The van der Waals surface area contributed by atoms with Crippen molar-refractivity contribution in [2.24, 2.45) is 0 Å². The predicted molar refractivity (Wildman–Crippen MR) is 81.3 cm³/mol. The van der Waals surface area contributed by atoms with Crippen molar-refractivity contribution in [3.05, 3.63) is 0 Å². The Balaban J connectivity index is 1.74. The third-order valence-electron chi connectivity index (χ3n) is 3.46. The molecule has 1 saturated heterocycles. The zero-order valence-electron chi connectivity index (χ0n) is 12.5. The lowest BCUT2D eigenvalue weighted by Gasteiger charge is -2.26. The van der Waals surface area contributed by atoms with Gasteiger partial charge >= 0.3 is 0 Å². The molecule has 0 unspecified atom stereocenters. The summed E-state index contributed by atoms with van der Waals surface area (Å²) in [7, 11) is 0. The highest BCUT2D eigenvalue weighted by Gasteiger charge is 2.08. The topological polar surface area (TPSA) is 24.5 Å². The van der Waals surface area contributed by atoms with Crippen LogP contribution in [0, 0.1) is 11.8 Å². The van der Waals surface area contributed by atoms with Gasteiger partial charge < -0.3 is 15.0 Å². The van der Waals surface area contributed by atoms with E-state index in [4.69, 9.17) is 4.74 Å². The average molecular weight is 266 g/mol. The lowest BCUT2D eigenvalue weighted by Crippen LogP contribution is -2.36. The Labute approximate surface area is 119 Å². The molecule has 1 aliphatic rings. The van der Waals surface area contributed by atoms with Gasteiger partial charge in [0, 0.05) is 32.7 Å². The lowest BCUT2D eigenvalue weighted by atomic mass is 10.1. The Morgan fingerprint density at radius 2 is 1.84 bits per heavy atom. The summed E-state index contributed by atoms with van der Waals surface area (Å²) < 4.78 is 5.56. The molecule has 0 spiro atoms. The molecule has 0 amide bonds. The minimum Gasteiger partial charge on any atom is -0.381 e. The van der Waals surface area contributed by atoms with Crippen molar-refractivity contribution >= 4 is 0 Å². The molecule has 3 heteroatoms. The number of hydrogen-bond donors (Lipinski definition) is 1. The number of piperidine rings is 1. The van der Waals surface area contributed by atoms with Crippen LogP contribution in [0.25, 0.3) is 0 Å². The van der Waals surface area contributed by atoms with Crippen molar-refractivity contribution in [3.63, 3.8) is 0 Å². The second kappa shape index (κ2) is 12.5. The Morgan fingerprint density at radius 3 is 2.63 bits per heavy atom. The summed E-state index contributed by atoms with van der Waals surface area (Å²) >= 11 is 0. The van der Waals surface area contributed by atoms with Gasteiger partial charge in [0.2, 0.25) is 0 Å². The Hall–Kier alpha value is -0.560. The van der Waals surface area contributed by atoms with E-state index in [9.17, 15) is 0 Å². The highest BCUT2D eigenvalue weighted by atomic mass is 16.5. The van der Waals surface area contributed by atoms with Gasteiger partial charge in [-0.1, -0.05) is 6.42 Å². The molecule has 1 fully saturated rings. The first-order valence-corrected chi connectivity index (χ1v) is 7.84. The molecular weight excluding hydrogens is 236 g/mol. The molecule has 0 aromatic rings. The fourth-order valence-corrected chi connectivity index (χ4v) is 2.33. The number of nitrogens with zero attached hydrogens (tertiary/aromatic N) is 1. The number of ether oxygens (including phenoxy) is 1. The van der Waals surface area contributed by atoms with Gasteiger partial charge in [-0.25, -0.2) is 0 Å². The van der Waals surface area contributed by atoms with E-state index in [1.165, 1.54) is 38.9 Å². The van der Waals surface area contributed by atoms with Crippen LogP contribution in [0.15, 0.2) is 0 Å². The molecule has 110 valence electrons. The standard InChI is InChI=1S/C16H30N2O/c1-2-3-4-8-15-19-16-9-10-17-11-14-18-12-6-5-7-13-18/h17H,4-16H2,1H3. The van der Waals surface area contributed by atoms with Crippen molar-refractivity contribution in [1.82, 2.24) is 10.2 Å². The summed E-state index contributed by atoms with van der Waals surface area (Å²) in [5.41, 5.74) is 0. The Kier molecular flexibility index (Phi) is 10.8. The van der Waals surface area contributed by atoms with Crippen LogP contribution in [0.2, 0.25) is 0 Å². The second-order valence-corrected chi connectivity index (χ2v) is 5.15. The maximum absolute atomic E-state index is 5.56. The third kappa shape index (κ3) is 9.95. The lowest BCUT2D eigenvalue weighted by molar-refractivity contribution is 0.130. The van der Waals surface area contributed by atoms with Gasteiger partial charge in [-0.3, -0.25) is 0 Å². The number of unbranched alkanes of at least 4 members (excludes halogenated alkanes) is 1. The van der Waals surface area contributed by atoms with Gasteiger partial charge in [0.15, 0.2) is 0 Å². The van der Waals surface area contributed by atoms with Crippen molar-refractivity contribution in [1.29, 1.82) is 0 Å². The molecule has 0 saturated carbocycles. The van der Waals surface area contributed by atoms with E-state index in [-0.39, 0.29) is 0 Å². The average Bonchev–Trinajstić information content (AvgIpc) is 2.46. The number of nitrogens with one attached hydrogen (secondary N) is 1. The fourth-order valence-electron chi connectivity index (χ4n) is 2.33. The first kappa shape index (κ1) is 16.5. The van der Waals surface area contributed by atoms with Crippen LogP contribution in [0.5, 0.6) is 0 Å². The Bertz CT molecular complexity index is 251. The van der Waals surface area contributed by atoms with Crippen LogP contribution in [0.3, 0.4) is 0 Å². The van der Waals surface area contributed by atoms with Crippen LogP contribution in [0.1, 0.15) is 45.4 Å². The van der Waals surface area contributed by atoms with Crippen molar-refractivity contribution in [3.8, 4) is 11.8 Å². The second-order valence-electron chi connectivity index (χ2n) is 5.15. The number of rotatable bonds is 10. The van der Waals surface area contributed by atoms with E-state index in [1.807, 2.05) is 6.92 Å². The van der Waals surface area contributed by atoms with E-state index in [0.29, 0.717) is 0 Å². The molecule has 0 atom stereocenters. The van der Waals surface area contributed by atoms with Crippen LogP contribution >= 0.6 is 0 Å². The van der Waals surface area contributed by atoms with Crippen LogP contribution in [0.4, 0.5) is 0 Å². The summed E-state index contributed by atoms with van der Waals surface area (Å²) in [6.07, 6.45) is 7.32. The summed E-state index contributed by atoms with van der Waals surface area (Å²) in [5, 5.41) is 3.50. The van der Waals surface area contributed by atoms with Crippen molar-refractivity contribution < 1.29 is 4.74 Å². The van der Waals surface area contributed by atoms with Crippen LogP contribution in [-0.4, -0.2) is 50.8 Å². The minimum absolute atomic E-state index is 0.850. The summed E-state index contributed by atoms with van der Waals surface area (Å²) in [6, 6.07) is 0. The van der Waals surface area contributed by atoms with Crippen molar-refractivity contribution in [2.45, 2.75) is 45.4 Å². The molecule has 0 radical (unpaired) electrons. The molecule has 1 heterocycles. The van der Waals surface area contributed by atoms with Crippen LogP contribution in [-0.2, 0) is 4.74 Å². The molecule has 1 aliphatic heterocycles. The predicted octanol–water partition coefficient (Wildman–Crippen LogP) is 2.27. The number of hydrogen-bond acceptors (Lipinski definition) is 3. The van der Waals surface area contributed by atoms with Gasteiger partial charge in [0.1, 0.15) is 0 Å². The highest BCUT2D eigenvalue weighted by Crippen LogP contribution is 2.07. The zero-order valence-corrected chi connectivity index (χ0v) is 12.5. The first-order valence-electron chi connectivity index (χ1n) is 7.84. The van der Waals surface area contributed by atoms with Crippen molar-refractivity contribution in [2.75, 3.05) is 45.9 Å². The maximum atomic E-state index is 5.56. The smallest absolute Gasteiger partial charge is 0.0478 e. The normalized spacial score (nSPS) is 16.1. The summed E-state index contributed by atoms with van der Waals surface area (Å²) in [6.45, 7) is 9.59. The molecule has 19 heavy (non-hydrogen) atoms. The zero-order chi connectivity index (χ0) is 13.6. The van der Waals surface area contributed by atoms with E-state index in [1.54, 1.807) is 0 Å². The monoisotopic (exact) mass is 266 g/mol. The molecule has 1 N–H and O–H groups in total. The van der Waals surface area contributed by atoms with Gasteiger partial charge in [-0.05, 0) is 52.2 Å². The van der Waals surface area contributed by atoms with Gasteiger partial charge in [0.05, 0.1) is 0 Å². The molecule has 0 bridgehead atoms. The van der Waals surface area contributed by atoms with Gasteiger partial charge in [-0.15, -0.1) is 11.8 Å². The molecule has 0 aliphatic carbocycles. The quantitative estimate of drug-likeness (QED) is 0.485. The van der Waals surface area contributed by atoms with Gasteiger partial charge in [0.25, 0.3) is 0 Å². The van der Waals surface area contributed by atoms with E-state index in [2.05, 4.69) is 22.1 Å². The maximum Gasteiger partial charge on any atom is 0.0478 e. The molecule has 1 rings (SSSR count). The molecule has 0 aromatic heterocycles. The van der Waals surface area contributed by atoms with E-state index in [0.717, 1.165) is 45.6 Å². The highest BCUT2D eigenvalue weighted by molar-refractivity contribution is 4.94. The van der Waals surface area contributed by atoms with Crippen LogP contribution < -0.4 is 5.32 Å². The Morgan fingerprint density at radius 1 is 1.05 bits per heavy atom. The van der Waals surface area contributed by atoms with E-state index < -0.39 is 0 Å².